The number of nitro groups is 1. The van der Waals surface area contributed by atoms with E-state index in [1.54, 1.807) is 26.0 Å². The van der Waals surface area contributed by atoms with Crippen molar-refractivity contribution in [3.8, 4) is 17.2 Å². The summed E-state index contributed by atoms with van der Waals surface area (Å²) in [7, 11) is -2.64. The van der Waals surface area contributed by atoms with E-state index in [1.807, 2.05) is 0 Å². The maximum absolute atomic E-state index is 13.4. The van der Waals surface area contributed by atoms with Crippen molar-refractivity contribution >= 4 is 19.4 Å². The van der Waals surface area contributed by atoms with Gasteiger partial charge in [0.25, 0.3) is 5.69 Å². The van der Waals surface area contributed by atoms with E-state index >= 15 is 0 Å². The van der Waals surface area contributed by atoms with Gasteiger partial charge < -0.3 is 18.5 Å². The predicted octanol–water partition coefficient (Wildman–Crippen LogP) is 4.10. The topological polar surface area (TPSA) is 126 Å². The van der Waals surface area contributed by atoms with Gasteiger partial charge in [0.15, 0.2) is 0 Å². The van der Waals surface area contributed by atoms with Crippen molar-refractivity contribution in [3.05, 3.63) is 58.6 Å². The SMILES string of the molecule is COc1ccc(OP(=O)(N[C@@H](C)C(=O)OC(C)C)Oc2ccc([N+](=O)[O-])cc2)cc1. The molecule has 0 amide bonds. The maximum atomic E-state index is 13.4. The highest BCUT2D eigenvalue weighted by Crippen LogP contribution is 2.45. The molecule has 0 saturated heterocycles. The average molecular weight is 438 g/mol. The zero-order valence-electron chi connectivity index (χ0n) is 16.9. The number of carbonyl (C=O) groups excluding carboxylic acids is 1. The van der Waals surface area contributed by atoms with Gasteiger partial charge in [0.05, 0.1) is 18.1 Å². The maximum Gasteiger partial charge on any atom is 0.513 e. The number of esters is 1. The van der Waals surface area contributed by atoms with Crippen molar-refractivity contribution in [2.75, 3.05) is 7.11 Å². The summed E-state index contributed by atoms with van der Waals surface area (Å²) in [4.78, 5) is 22.4. The van der Waals surface area contributed by atoms with Gasteiger partial charge in [-0.1, -0.05) is 0 Å². The molecule has 0 aromatic heterocycles. The third-order valence-electron chi connectivity index (χ3n) is 3.62. The first-order valence-corrected chi connectivity index (χ1v) is 10.5. The fourth-order valence-electron chi connectivity index (χ4n) is 2.24. The summed E-state index contributed by atoms with van der Waals surface area (Å²) < 4.78 is 34.6. The van der Waals surface area contributed by atoms with Crippen LogP contribution in [0.4, 0.5) is 5.69 Å². The van der Waals surface area contributed by atoms with Gasteiger partial charge in [-0.2, -0.15) is 5.09 Å². The molecule has 0 aliphatic carbocycles. The number of benzene rings is 2. The molecule has 0 saturated carbocycles. The van der Waals surface area contributed by atoms with E-state index in [0.717, 1.165) is 0 Å². The van der Waals surface area contributed by atoms with Gasteiger partial charge in [0.2, 0.25) is 0 Å². The Balaban J connectivity index is 2.26. The van der Waals surface area contributed by atoms with Crippen molar-refractivity contribution in [1.82, 2.24) is 5.09 Å². The first-order chi connectivity index (χ1) is 14.1. The Morgan fingerprint density at radius 3 is 1.87 bits per heavy atom. The van der Waals surface area contributed by atoms with Crippen LogP contribution in [0, 0.1) is 10.1 Å². The van der Waals surface area contributed by atoms with Crippen LogP contribution in [0.3, 0.4) is 0 Å². The molecular formula is C19H23N2O8P. The molecular weight excluding hydrogens is 415 g/mol. The number of carbonyl (C=O) groups is 1. The number of hydrogen-bond acceptors (Lipinski definition) is 8. The second-order valence-electron chi connectivity index (χ2n) is 6.44. The summed E-state index contributed by atoms with van der Waals surface area (Å²) in [5.74, 6) is 0.165. The number of nitrogens with zero attached hydrogens (tertiary/aromatic N) is 1. The summed E-state index contributed by atoms with van der Waals surface area (Å²) >= 11 is 0. The third kappa shape index (κ3) is 6.75. The van der Waals surface area contributed by atoms with E-state index in [1.165, 1.54) is 50.4 Å². The molecule has 0 aliphatic rings. The lowest BCUT2D eigenvalue weighted by molar-refractivity contribution is -0.384. The number of hydrogen-bond donors (Lipinski definition) is 1. The molecule has 2 rings (SSSR count). The van der Waals surface area contributed by atoms with E-state index in [9.17, 15) is 19.5 Å². The Kier molecular flexibility index (Phi) is 7.79. The molecule has 1 N–H and O–H groups in total. The van der Waals surface area contributed by atoms with Crippen molar-refractivity contribution in [2.45, 2.75) is 32.9 Å². The number of nitro benzene ring substituents is 1. The molecule has 0 radical (unpaired) electrons. The van der Waals surface area contributed by atoms with Gasteiger partial charge in [0, 0.05) is 12.1 Å². The highest BCUT2D eigenvalue weighted by molar-refractivity contribution is 7.52. The Bertz CT molecular complexity index is 915. The zero-order valence-corrected chi connectivity index (χ0v) is 17.8. The fraction of sp³-hybridized carbons (Fsp3) is 0.316. The van der Waals surface area contributed by atoms with E-state index in [2.05, 4.69) is 5.09 Å². The Morgan fingerprint density at radius 1 is 0.967 bits per heavy atom. The minimum Gasteiger partial charge on any atom is -0.497 e. The van der Waals surface area contributed by atoms with Crippen molar-refractivity contribution in [1.29, 1.82) is 0 Å². The molecule has 11 heteroatoms. The van der Waals surface area contributed by atoms with Crippen LogP contribution in [0.25, 0.3) is 0 Å². The molecule has 2 aromatic carbocycles. The summed E-state index contributed by atoms with van der Waals surface area (Å²) in [6, 6.07) is 10.2. The molecule has 0 aliphatic heterocycles. The average Bonchev–Trinajstić information content (AvgIpc) is 2.68. The number of rotatable bonds is 10. The van der Waals surface area contributed by atoms with E-state index in [4.69, 9.17) is 18.5 Å². The predicted molar refractivity (Wildman–Crippen MR) is 109 cm³/mol. The fourth-order valence-corrected chi connectivity index (χ4v) is 3.76. The first-order valence-electron chi connectivity index (χ1n) is 8.98. The highest BCUT2D eigenvalue weighted by Gasteiger charge is 2.34. The van der Waals surface area contributed by atoms with Crippen molar-refractivity contribution in [3.63, 3.8) is 0 Å². The van der Waals surface area contributed by atoms with Gasteiger partial charge in [-0.05, 0) is 57.2 Å². The highest BCUT2D eigenvalue weighted by atomic mass is 31.2. The standard InChI is InChI=1S/C19H23N2O8P/c1-13(2)27-19(22)14(3)20-30(25,29-18-11-9-16(26-4)10-12-18)28-17-7-5-15(6-8-17)21(23)24/h5-14H,1-4H3,(H,20,25)/t14-,30?/m0/s1. The quantitative estimate of drug-likeness (QED) is 0.252. The monoisotopic (exact) mass is 438 g/mol. The second-order valence-corrected chi connectivity index (χ2v) is 8.06. The lowest BCUT2D eigenvalue weighted by Crippen LogP contribution is -2.36. The van der Waals surface area contributed by atoms with E-state index in [-0.39, 0.29) is 23.3 Å². The third-order valence-corrected chi connectivity index (χ3v) is 5.22. The number of non-ortho nitro benzene ring substituents is 1. The van der Waals surface area contributed by atoms with Crippen LogP contribution in [-0.4, -0.2) is 30.1 Å². The molecule has 0 heterocycles. The molecule has 1 unspecified atom stereocenters. The molecule has 0 spiro atoms. The van der Waals surface area contributed by atoms with E-state index < -0.39 is 24.7 Å². The van der Waals surface area contributed by atoms with Crippen molar-refractivity contribution in [2.24, 2.45) is 0 Å². The summed E-state index contributed by atoms with van der Waals surface area (Å²) in [5, 5.41) is 13.3. The van der Waals surface area contributed by atoms with Gasteiger partial charge in [0.1, 0.15) is 23.3 Å². The van der Waals surface area contributed by atoms with Crippen LogP contribution < -0.4 is 18.9 Å². The van der Waals surface area contributed by atoms with Gasteiger partial charge >= 0.3 is 13.7 Å². The Morgan fingerprint density at radius 2 is 1.43 bits per heavy atom. The van der Waals surface area contributed by atoms with Crippen LogP contribution >= 0.6 is 7.75 Å². The molecule has 162 valence electrons. The zero-order chi connectivity index (χ0) is 22.3. The summed E-state index contributed by atoms with van der Waals surface area (Å²) in [5.41, 5.74) is -0.157. The second kappa shape index (κ2) is 10.1. The van der Waals surface area contributed by atoms with Gasteiger partial charge in [-0.25, -0.2) is 4.57 Å². The van der Waals surface area contributed by atoms with Crippen LogP contribution in [0.15, 0.2) is 48.5 Å². The minimum absolute atomic E-state index is 0.0503. The summed E-state index contributed by atoms with van der Waals surface area (Å²) in [6.45, 7) is 4.82. The van der Waals surface area contributed by atoms with Crippen molar-refractivity contribution < 1.29 is 32.8 Å². The molecule has 2 atom stereocenters. The Labute approximate surface area is 173 Å². The first kappa shape index (κ1) is 23.2. The van der Waals surface area contributed by atoms with Crippen LogP contribution in [0.2, 0.25) is 0 Å². The summed E-state index contributed by atoms with van der Waals surface area (Å²) in [6.07, 6.45) is -0.362. The van der Waals surface area contributed by atoms with Gasteiger partial charge in [-0.3, -0.25) is 14.9 Å². The number of methoxy groups -OCH3 is 1. The van der Waals surface area contributed by atoms with Crippen LogP contribution in [0.5, 0.6) is 17.2 Å². The molecule has 10 nitrogen and oxygen atoms in total. The smallest absolute Gasteiger partial charge is 0.497 e. The van der Waals surface area contributed by atoms with Crippen LogP contribution in [-0.2, 0) is 14.1 Å². The minimum atomic E-state index is -4.14. The van der Waals surface area contributed by atoms with Gasteiger partial charge in [-0.15, -0.1) is 0 Å². The molecule has 2 aromatic rings. The number of nitrogens with one attached hydrogen (secondary N) is 1. The van der Waals surface area contributed by atoms with E-state index in [0.29, 0.717) is 5.75 Å². The molecule has 0 bridgehead atoms. The number of ether oxygens (including phenoxy) is 2. The lowest BCUT2D eigenvalue weighted by Gasteiger charge is -2.23. The molecule has 30 heavy (non-hydrogen) atoms. The Hall–Kier alpha value is -3.10. The normalized spacial score (nSPS) is 13.8. The molecule has 0 fully saturated rings. The lowest BCUT2D eigenvalue weighted by atomic mass is 10.3. The largest absolute Gasteiger partial charge is 0.513 e. The van der Waals surface area contributed by atoms with Crippen LogP contribution in [0.1, 0.15) is 20.8 Å².